The first kappa shape index (κ1) is 45.4. The van der Waals surface area contributed by atoms with Crippen molar-refractivity contribution < 1.29 is 19.4 Å². The van der Waals surface area contributed by atoms with E-state index in [-0.39, 0.29) is 18.5 Å². The lowest BCUT2D eigenvalue weighted by Crippen LogP contribution is -2.16. The fraction of sp³-hybridized carbons (Fsp3) is 0.860. The minimum atomic E-state index is -0.725. The van der Waals surface area contributed by atoms with Crippen LogP contribution in [0, 0.1) is 0 Å². The summed E-state index contributed by atoms with van der Waals surface area (Å²) in [6.07, 6.45) is 49.5. The third-order valence-electron chi connectivity index (χ3n) is 9.41. The molecule has 1 atom stereocenters. The Bertz CT molecular complexity index is 713. The molecule has 0 aliphatic carbocycles. The Morgan fingerprint density at radius 3 is 1.34 bits per heavy atom. The predicted molar refractivity (Wildman–Crippen MR) is 204 cm³/mol. The van der Waals surface area contributed by atoms with Gasteiger partial charge in [-0.2, -0.15) is 0 Å². The minimum Gasteiger partial charge on any atom is -0.481 e. The first-order chi connectivity index (χ1) is 23.1. The van der Waals surface area contributed by atoms with Crippen LogP contribution in [-0.2, 0) is 14.3 Å². The minimum absolute atomic E-state index is 0.0764. The third kappa shape index (κ3) is 38.7. The van der Waals surface area contributed by atoms with Crippen molar-refractivity contribution in [3.05, 3.63) is 24.3 Å². The van der Waals surface area contributed by atoms with Crippen LogP contribution in [0.5, 0.6) is 0 Å². The summed E-state index contributed by atoms with van der Waals surface area (Å²) < 4.78 is 5.85. The lowest BCUT2D eigenvalue weighted by atomic mass is 10.0. The van der Waals surface area contributed by atoms with Crippen LogP contribution in [0.4, 0.5) is 0 Å². The van der Waals surface area contributed by atoms with Crippen molar-refractivity contribution in [3.8, 4) is 0 Å². The number of esters is 1. The van der Waals surface area contributed by atoms with Gasteiger partial charge in [-0.15, -0.1) is 0 Å². The summed E-state index contributed by atoms with van der Waals surface area (Å²) in [5.74, 6) is -0.801. The summed E-state index contributed by atoms with van der Waals surface area (Å²) >= 11 is 0. The lowest BCUT2D eigenvalue weighted by Gasteiger charge is -2.14. The van der Waals surface area contributed by atoms with Crippen LogP contribution in [-0.4, -0.2) is 23.1 Å². The average Bonchev–Trinajstić information content (AvgIpc) is 3.05. The van der Waals surface area contributed by atoms with E-state index in [1.54, 1.807) is 0 Å². The molecule has 0 aromatic heterocycles. The van der Waals surface area contributed by atoms with Gasteiger partial charge in [-0.1, -0.05) is 199 Å². The summed E-state index contributed by atoms with van der Waals surface area (Å²) in [7, 11) is 0. The van der Waals surface area contributed by atoms with Crippen LogP contribution in [0.1, 0.15) is 232 Å². The van der Waals surface area contributed by atoms with Gasteiger partial charge in [0.25, 0.3) is 0 Å². The van der Waals surface area contributed by atoms with E-state index in [0.29, 0.717) is 6.42 Å². The molecule has 4 heteroatoms. The Morgan fingerprint density at radius 2 is 0.894 bits per heavy atom. The quantitative estimate of drug-likeness (QED) is 0.0407. The van der Waals surface area contributed by atoms with Gasteiger partial charge < -0.3 is 9.84 Å². The Morgan fingerprint density at radius 1 is 0.489 bits per heavy atom. The van der Waals surface area contributed by atoms with Crippen LogP contribution >= 0.6 is 0 Å². The van der Waals surface area contributed by atoms with Crippen LogP contribution in [0.3, 0.4) is 0 Å². The van der Waals surface area contributed by atoms with Gasteiger partial charge in [0.05, 0.1) is 0 Å². The second kappa shape index (κ2) is 38.9. The molecule has 0 fully saturated rings. The largest absolute Gasteiger partial charge is 0.481 e. The van der Waals surface area contributed by atoms with Gasteiger partial charge in [-0.05, 0) is 44.6 Å². The number of aliphatic carboxylic acids is 1. The van der Waals surface area contributed by atoms with Crippen molar-refractivity contribution in [2.75, 3.05) is 0 Å². The van der Waals surface area contributed by atoms with E-state index in [4.69, 9.17) is 9.84 Å². The lowest BCUT2D eigenvalue weighted by molar-refractivity contribution is -0.147. The number of hydrogen-bond donors (Lipinski definition) is 1. The Hall–Kier alpha value is -1.58. The fourth-order valence-electron chi connectivity index (χ4n) is 6.30. The number of hydrogen-bond acceptors (Lipinski definition) is 3. The monoisotopic (exact) mass is 661 g/mol. The molecule has 0 aliphatic rings. The maximum absolute atomic E-state index is 12.6. The molecule has 0 aromatic rings. The zero-order valence-electron chi connectivity index (χ0n) is 31.6. The van der Waals surface area contributed by atoms with Crippen LogP contribution in [0.15, 0.2) is 24.3 Å². The van der Waals surface area contributed by atoms with Gasteiger partial charge in [0, 0.05) is 12.8 Å². The van der Waals surface area contributed by atoms with E-state index in [2.05, 4.69) is 38.2 Å². The Kier molecular flexibility index (Phi) is 37.6. The van der Waals surface area contributed by atoms with Crippen LogP contribution in [0.25, 0.3) is 0 Å². The highest BCUT2D eigenvalue weighted by molar-refractivity contribution is 5.69. The van der Waals surface area contributed by atoms with Crippen molar-refractivity contribution in [3.63, 3.8) is 0 Å². The fourth-order valence-corrected chi connectivity index (χ4v) is 6.30. The Balaban J connectivity index is 3.73. The molecular formula is C43H80O4. The van der Waals surface area contributed by atoms with E-state index < -0.39 is 5.97 Å². The van der Waals surface area contributed by atoms with Gasteiger partial charge in [0.2, 0.25) is 0 Å². The van der Waals surface area contributed by atoms with Gasteiger partial charge in [0.1, 0.15) is 6.10 Å². The van der Waals surface area contributed by atoms with Gasteiger partial charge in [-0.25, -0.2) is 0 Å². The second-order valence-corrected chi connectivity index (χ2v) is 14.2. The molecule has 0 spiro atoms. The van der Waals surface area contributed by atoms with E-state index in [0.717, 1.165) is 57.8 Å². The number of carboxylic acid groups (broad SMARTS) is 1. The zero-order valence-corrected chi connectivity index (χ0v) is 31.6. The van der Waals surface area contributed by atoms with Crippen LogP contribution < -0.4 is 0 Å². The second-order valence-electron chi connectivity index (χ2n) is 14.2. The first-order valence-electron chi connectivity index (χ1n) is 20.8. The SMILES string of the molecule is CCCC/C=C\C/C=C\C(CCCCCCC(=O)O)OC(=O)CCCCCCCCCCCCCCCCCCCCCCCCC. The molecule has 4 nitrogen and oxygen atoms in total. The number of carboxylic acids is 1. The molecule has 0 amide bonds. The number of carbonyl (C=O) groups is 2. The molecule has 0 radical (unpaired) electrons. The number of rotatable bonds is 38. The summed E-state index contributed by atoms with van der Waals surface area (Å²) in [5.41, 5.74) is 0. The number of unbranched alkanes of at least 4 members (excludes halogenated alkanes) is 27. The maximum atomic E-state index is 12.6. The molecule has 276 valence electrons. The number of allylic oxidation sites excluding steroid dienone is 3. The van der Waals surface area contributed by atoms with E-state index in [9.17, 15) is 9.59 Å². The number of carbonyl (C=O) groups excluding carboxylic acids is 1. The van der Waals surface area contributed by atoms with Crippen molar-refractivity contribution in [2.24, 2.45) is 0 Å². The predicted octanol–water partition coefficient (Wildman–Crippen LogP) is 14.4. The van der Waals surface area contributed by atoms with Gasteiger partial charge in [0.15, 0.2) is 0 Å². The van der Waals surface area contributed by atoms with Crippen molar-refractivity contribution in [1.29, 1.82) is 0 Å². The molecule has 0 saturated carbocycles. The van der Waals surface area contributed by atoms with Crippen LogP contribution in [0.2, 0.25) is 0 Å². The molecule has 0 rings (SSSR count). The molecule has 0 saturated heterocycles. The molecule has 0 aliphatic heterocycles. The first-order valence-corrected chi connectivity index (χ1v) is 20.8. The number of ether oxygens (including phenoxy) is 1. The van der Waals surface area contributed by atoms with Gasteiger partial charge in [-0.3, -0.25) is 9.59 Å². The van der Waals surface area contributed by atoms with Crippen molar-refractivity contribution in [2.45, 2.75) is 238 Å². The van der Waals surface area contributed by atoms with E-state index in [1.807, 2.05) is 0 Å². The van der Waals surface area contributed by atoms with Gasteiger partial charge >= 0.3 is 11.9 Å². The van der Waals surface area contributed by atoms with Crippen molar-refractivity contribution in [1.82, 2.24) is 0 Å². The maximum Gasteiger partial charge on any atom is 0.306 e. The summed E-state index contributed by atoms with van der Waals surface area (Å²) in [6.45, 7) is 4.50. The van der Waals surface area contributed by atoms with E-state index >= 15 is 0 Å². The normalized spacial score (nSPS) is 12.4. The molecule has 0 bridgehead atoms. The highest BCUT2D eigenvalue weighted by atomic mass is 16.5. The molecule has 1 N–H and O–H groups in total. The Labute approximate surface area is 293 Å². The smallest absolute Gasteiger partial charge is 0.306 e. The molecule has 0 heterocycles. The molecule has 0 aromatic carbocycles. The standard InChI is InChI=1S/C43H80O4/c1-3-5-7-9-11-12-13-14-15-16-17-18-19-20-21-22-23-24-25-26-28-30-36-40-43(46)47-41(37-33-29-27-10-8-6-4-2)38-34-31-32-35-39-42(44)45/h10,27,33,37,41H,3-9,11-26,28-32,34-36,38-40H2,1-2H3,(H,44,45)/b27-10-,37-33-. The summed E-state index contributed by atoms with van der Waals surface area (Å²) in [4.78, 5) is 23.3. The molecular weight excluding hydrogens is 580 g/mol. The zero-order chi connectivity index (χ0) is 34.3. The van der Waals surface area contributed by atoms with Crippen molar-refractivity contribution >= 4 is 11.9 Å². The topological polar surface area (TPSA) is 63.6 Å². The average molecular weight is 661 g/mol. The third-order valence-corrected chi connectivity index (χ3v) is 9.41. The summed E-state index contributed by atoms with van der Waals surface area (Å²) in [5, 5.41) is 8.81. The molecule has 1 unspecified atom stereocenters. The van der Waals surface area contributed by atoms with E-state index in [1.165, 1.54) is 148 Å². The molecule has 47 heavy (non-hydrogen) atoms. The summed E-state index contributed by atoms with van der Waals surface area (Å²) in [6, 6.07) is 0. The highest BCUT2D eigenvalue weighted by Crippen LogP contribution is 2.17. The highest BCUT2D eigenvalue weighted by Gasteiger charge is 2.11.